The Morgan fingerprint density at radius 1 is 1.41 bits per heavy atom. The number of carbonyl (C=O) groups excluding carboxylic acids is 1. The number of thiophene rings is 1. The van der Waals surface area contributed by atoms with Crippen molar-refractivity contribution in [2.75, 3.05) is 6.54 Å². The summed E-state index contributed by atoms with van der Waals surface area (Å²) in [6, 6.07) is 9.90. The van der Waals surface area contributed by atoms with Crippen LogP contribution in [0.5, 0.6) is 0 Å². The lowest BCUT2D eigenvalue weighted by molar-refractivity contribution is 0.0961. The first-order chi connectivity index (χ1) is 10.6. The standard InChI is InChI=1S/C17H17N3OS/c18-16(19)12-7-5-11(6-8-12)10-20-17(21)15-9-13-3-1-2-4-14(13)22-15/h1-7,9,12H,8,10H2,(H3,18,19)(H,20,21). The topological polar surface area (TPSA) is 79.0 Å². The maximum atomic E-state index is 12.2. The number of amides is 1. The quantitative estimate of drug-likeness (QED) is 0.599. The molecule has 0 fully saturated rings. The van der Waals surface area contributed by atoms with Crippen LogP contribution in [0, 0.1) is 11.3 Å². The Balaban J connectivity index is 1.61. The fourth-order valence-corrected chi connectivity index (χ4v) is 3.37. The summed E-state index contributed by atoms with van der Waals surface area (Å²) in [5.74, 6) is 0.118. The third-order valence-electron chi connectivity index (χ3n) is 3.68. The SMILES string of the molecule is N=C(N)C1C=CC(CNC(=O)c2cc3ccccc3s2)=CC1. The average Bonchev–Trinajstić information content (AvgIpc) is 2.97. The minimum absolute atomic E-state index is 0.0120. The van der Waals surface area contributed by atoms with Gasteiger partial charge in [-0.2, -0.15) is 0 Å². The second-order valence-electron chi connectivity index (χ2n) is 5.27. The third kappa shape index (κ3) is 3.09. The lowest BCUT2D eigenvalue weighted by Crippen LogP contribution is -2.26. The number of nitrogens with one attached hydrogen (secondary N) is 2. The molecular weight excluding hydrogens is 294 g/mol. The molecule has 0 radical (unpaired) electrons. The number of rotatable bonds is 4. The molecule has 0 saturated heterocycles. The molecule has 4 nitrogen and oxygen atoms in total. The van der Waals surface area contributed by atoms with Gasteiger partial charge in [0.15, 0.2) is 0 Å². The fraction of sp³-hybridized carbons (Fsp3) is 0.176. The second kappa shape index (κ2) is 6.15. The number of hydrogen-bond acceptors (Lipinski definition) is 3. The van der Waals surface area contributed by atoms with Crippen LogP contribution in [0.2, 0.25) is 0 Å². The second-order valence-corrected chi connectivity index (χ2v) is 6.35. The lowest BCUT2D eigenvalue weighted by Gasteiger charge is -2.14. The van der Waals surface area contributed by atoms with E-state index in [0.29, 0.717) is 6.54 Å². The number of allylic oxidation sites excluding steroid dienone is 1. The summed E-state index contributed by atoms with van der Waals surface area (Å²) in [6.45, 7) is 0.494. The van der Waals surface area contributed by atoms with Crippen molar-refractivity contribution >= 4 is 33.2 Å². The van der Waals surface area contributed by atoms with Crippen LogP contribution in [-0.2, 0) is 0 Å². The summed E-state index contributed by atoms with van der Waals surface area (Å²) in [5.41, 5.74) is 6.53. The summed E-state index contributed by atoms with van der Waals surface area (Å²) < 4.78 is 1.12. The van der Waals surface area contributed by atoms with E-state index in [1.807, 2.05) is 48.6 Å². The first-order valence-corrected chi connectivity index (χ1v) is 7.93. The van der Waals surface area contributed by atoms with Gasteiger partial charge in [-0.3, -0.25) is 10.2 Å². The summed E-state index contributed by atoms with van der Waals surface area (Å²) in [5, 5.41) is 11.5. The van der Waals surface area contributed by atoms with Crippen molar-refractivity contribution in [2.45, 2.75) is 6.42 Å². The van der Waals surface area contributed by atoms with Crippen LogP contribution in [0.1, 0.15) is 16.1 Å². The minimum atomic E-state index is -0.0517. The normalized spacial score (nSPS) is 17.3. The van der Waals surface area contributed by atoms with Gasteiger partial charge in [0.1, 0.15) is 0 Å². The molecule has 22 heavy (non-hydrogen) atoms. The molecule has 3 rings (SSSR count). The number of fused-ring (bicyclic) bond motifs is 1. The van der Waals surface area contributed by atoms with Crippen molar-refractivity contribution in [3.05, 3.63) is 59.0 Å². The zero-order valence-electron chi connectivity index (χ0n) is 12.0. The van der Waals surface area contributed by atoms with Crippen LogP contribution < -0.4 is 11.1 Å². The minimum Gasteiger partial charge on any atom is -0.387 e. The van der Waals surface area contributed by atoms with Crippen LogP contribution in [-0.4, -0.2) is 18.3 Å². The van der Waals surface area contributed by atoms with Crippen LogP contribution in [0.4, 0.5) is 0 Å². The number of nitrogens with two attached hydrogens (primary N) is 1. The molecule has 0 saturated carbocycles. The average molecular weight is 311 g/mol. The number of carbonyl (C=O) groups is 1. The Hall–Kier alpha value is -2.40. The Bertz CT molecular complexity index is 755. The highest BCUT2D eigenvalue weighted by Gasteiger charge is 2.13. The van der Waals surface area contributed by atoms with Crippen molar-refractivity contribution < 1.29 is 4.79 Å². The zero-order chi connectivity index (χ0) is 15.5. The van der Waals surface area contributed by atoms with E-state index in [0.717, 1.165) is 27.0 Å². The van der Waals surface area contributed by atoms with Crippen LogP contribution in [0.25, 0.3) is 10.1 Å². The molecule has 5 heteroatoms. The number of hydrogen-bond donors (Lipinski definition) is 3. The van der Waals surface area contributed by atoms with Crippen LogP contribution in [0.15, 0.2) is 54.1 Å². The van der Waals surface area contributed by atoms with E-state index in [1.165, 1.54) is 11.3 Å². The molecular formula is C17H17N3OS. The zero-order valence-corrected chi connectivity index (χ0v) is 12.8. The first kappa shape index (κ1) is 14.5. The van der Waals surface area contributed by atoms with Crippen molar-refractivity contribution in [2.24, 2.45) is 11.7 Å². The van der Waals surface area contributed by atoms with Gasteiger partial charge in [-0.1, -0.05) is 36.4 Å². The van der Waals surface area contributed by atoms with E-state index in [4.69, 9.17) is 11.1 Å². The van der Waals surface area contributed by atoms with Gasteiger partial charge >= 0.3 is 0 Å². The van der Waals surface area contributed by atoms with Gasteiger partial charge in [-0.25, -0.2) is 0 Å². The van der Waals surface area contributed by atoms with Crippen LogP contribution in [0.3, 0.4) is 0 Å². The predicted molar refractivity (Wildman–Crippen MR) is 91.4 cm³/mol. The van der Waals surface area contributed by atoms with Gasteiger partial charge in [-0.15, -0.1) is 11.3 Å². The number of amidine groups is 1. The lowest BCUT2D eigenvalue weighted by atomic mass is 9.96. The van der Waals surface area contributed by atoms with Gasteiger partial charge in [0.25, 0.3) is 5.91 Å². The molecule has 1 aliphatic rings. The largest absolute Gasteiger partial charge is 0.387 e. The number of benzene rings is 1. The smallest absolute Gasteiger partial charge is 0.261 e. The molecule has 1 heterocycles. The van der Waals surface area contributed by atoms with Gasteiger partial charge in [0.2, 0.25) is 0 Å². The maximum absolute atomic E-state index is 12.2. The maximum Gasteiger partial charge on any atom is 0.261 e. The van der Waals surface area contributed by atoms with Crippen molar-refractivity contribution in [3.63, 3.8) is 0 Å². The summed E-state index contributed by atoms with van der Waals surface area (Å²) in [6.07, 6.45) is 6.60. The van der Waals surface area contributed by atoms with Crippen molar-refractivity contribution in [1.82, 2.24) is 5.32 Å². The molecule has 1 unspecified atom stereocenters. The molecule has 0 aliphatic heterocycles. The predicted octanol–water partition coefficient (Wildman–Crippen LogP) is 3.07. The van der Waals surface area contributed by atoms with E-state index in [9.17, 15) is 4.79 Å². The molecule has 2 aromatic rings. The molecule has 1 aliphatic carbocycles. The monoisotopic (exact) mass is 311 g/mol. The third-order valence-corrected chi connectivity index (χ3v) is 4.79. The molecule has 1 aromatic carbocycles. The van der Waals surface area contributed by atoms with Gasteiger partial charge < -0.3 is 11.1 Å². The van der Waals surface area contributed by atoms with Crippen LogP contribution >= 0.6 is 11.3 Å². The highest BCUT2D eigenvalue weighted by Crippen LogP contribution is 2.25. The Labute approximate surface area is 132 Å². The molecule has 1 amide bonds. The van der Waals surface area contributed by atoms with Gasteiger partial charge in [0.05, 0.1) is 10.7 Å². The molecule has 112 valence electrons. The first-order valence-electron chi connectivity index (χ1n) is 7.11. The molecule has 0 bridgehead atoms. The Kier molecular flexibility index (Phi) is 4.06. The van der Waals surface area contributed by atoms with Gasteiger partial charge in [-0.05, 0) is 29.5 Å². The van der Waals surface area contributed by atoms with E-state index < -0.39 is 0 Å². The summed E-state index contributed by atoms with van der Waals surface area (Å²) in [7, 11) is 0. The van der Waals surface area contributed by atoms with E-state index >= 15 is 0 Å². The van der Waals surface area contributed by atoms with Crippen molar-refractivity contribution in [3.8, 4) is 0 Å². The van der Waals surface area contributed by atoms with E-state index in [-0.39, 0.29) is 17.7 Å². The Morgan fingerprint density at radius 2 is 2.23 bits per heavy atom. The van der Waals surface area contributed by atoms with E-state index in [1.54, 1.807) is 0 Å². The highest BCUT2D eigenvalue weighted by atomic mass is 32.1. The molecule has 0 spiro atoms. The summed E-state index contributed by atoms with van der Waals surface area (Å²) in [4.78, 5) is 12.9. The Morgan fingerprint density at radius 3 is 2.91 bits per heavy atom. The molecule has 1 aromatic heterocycles. The fourth-order valence-electron chi connectivity index (χ4n) is 2.39. The molecule has 1 atom stereocenters. The van der Waals surface area contributed by atoms with E-state index in [2.05, 4.69) is 5.32 Å². The highest BCUT2D eigenvalue weighted by molar-refractivity contribution is 7.20. The van der Waals surface area contributed by atoms with Gasteiger partial charge in [0, 0.05) is 17.2 Å². The summed E-state index contributed by atoms with van der Waals surface area (Å²) >= 11 is 1.50. The van der Waals surface area contributed by atoms with Crippen molar-refractivity contribution in [1.29, 1.82) is 5.41 Å². The molecule has 4 N–H and O–H groups in total.